The van der Waals surface area contributed by atoms with Gasteiger partial charge in [-0.3, -0.25) is 14.5 Å². The van der Waals surface area contributed by atoms with Gasteiger partial charge in [0.15, 0.2) is 0 Å². The molecule has 0 saturated heterocycles. The standard InChI is InChI=1S/C29H35N3O2S/c1-4-21(3)31(20-26-7-6-18-35-26)17-15-30-29(34)23-10-8-22(9-11-23)24-12-13-27-25(19-24)14-16-32(27)28(33)5-2/h6-13,18-19,21H,4-5,14-17,20H2,1-3H3,(H,30,34). The molecule has 0 spiro atoms. The molecule has 0 bridgehead atoms. The molecule has 1 aromatic heterocycles. The molecule has 1 atom stereocenters. The number of nitrogens with one attached hydrogen (secondary N) is 1. The molecule has 1 N–H and O–H groups in total. The number of carbonyl (C=O) groups excluding carboxylic acids is 2. The van der Waals surface area contributed by atoms with Crippen LogP contribution in [0.1, 0.15) is 54.4 Å². The van der Waals surface area contributed by atoms with Gasteiger partial charge in [0.2, 0.25) is 5.91 Å². The second-order valence-corrected chi connectivity index (χ2v) is 10.2. The topological polar surface area (TPSA) is 52.7 Å². The molecule has 0 saturated carbocycles. The molecule has 5 nitrogen and oxygen atoms in total. The van der Waals surface area contributed by atoms with Crippen molar-refractivity contribution in [3.8, 4) is 11.1 Å². The lowest BCUT2D eigenvalue weighted by atomic mass is 10.0. The van der Waals surface area contributed by atoms with E-state index in [0.29, 0.717) is 24.6 Å². The molecule has 0 fully saturated rings. The summed E-state index contributed by atoms with van der Waals surface area (Å²) in [5.41, 5.74) is 5.09. The van der Waals surface area contributed by atoms with Gasteiger partial charge in [0, 0.05) is 54.8 Å². The number of rotatable bonds is 10. The van der Waals surface area contributed by atoms with Gasteiger partial charge in [-0.05, 0) is 72.2 Å². The van der Waals surface area contributed by atoms with Crippen LogP contribution in [-0.2, 0) is 17.8 Å². The van der Waals surface area contributed by atoms with Gasteiger partial charge in [-0.1, -0.05) is 38.1 Å². The fraction of sp³-hybridized carbons (Fsp3) is 0.379. The van der Waals surface area contributed by atoms with Crippen molar-refractivity contribution in [1.29, 1.82) is 0 Å². The summed E-state index contributed by atoms with van der Waals surface area (Å²) in [5.74, 6) is 0.130. The third-order valence-corrected chi connectivity index (χ3v) is 7.76. The molecule has 2 heterocycles. The van der Waals surface area contributed by atoms with Gasteiger partial charge < -0.3 is 10.2 Å². The maximum Gasteiger partial charge on any atom is 0.251 e. The lowest BCUT2D eigenvalue weighted by Gasteiger charge is -2.28. The van der Waals surface area contributed by atoms with E-state index in [9.17, 15) is 9.59 Å². The van der Waals surface area contributed by atoms with E-state index in [2.05, 4.69) is 53.7 Å². The first-order valence-electron chi connectivity index (χ1n) is 12.6. The van der Waals surface area contributed by atoms with Crippen molar-refractivity contribution in [2.45, 2.75) is 52.6 Å². The summed E-state index contributed by atoms with van der Waals surface area (Å²) >= 11 is 1.78. The van der Waals surface area contributed by atoms with Gasteiger partial charge in [-0.25, -0.2) is 0 Å². The Morgan fingerprint density at radius 2 is 1.86 bits per heavy atom. The minimum atomic E-state index is -0.0422. The van der Waals surface area contributed by atoms with Crippen LogP contribution in [0.4, 0.5) is 5.69 Å². The van der Waals surface area contributed by atoms with Crippen LogP contribution >= 0.6 is 11.3 Å². The lowest BCUT2D eigenvalue weighted by Crippen LogP contribution is -2.39. The molecule has 6 heteroatoms. The zero-order chi connectivity index (χ0) is 24.8. The van der Waals surface area contributed by atoms with Crippen molar-refractivity contribution in [3.63, 3.8) is 0 Å². The molecule has 35 heavy (non-hydrogen) atoms. The van der Waals surface area contributed by atoms with Gasteiger partial charge in [-0.15, -0.1) is 11.3 Å². The van der Waals surface area contributed by atoms with E-state index in [1.54, 1.807) is 11.3 Å². The lowest BCUT2D eigenvalue weighted by molar-refractivity contribution is -0.118. The van der Waals surface area contributed by atoms with Crippen molar-refractivity contribution in [1.82, 2.24) is 10.2 Å². The summed E-state index contributed by atoms with van der Waals surface area (Å²) < 4.78 is 0. The molecule has 2 amide bonds. The number of benzene rings is 2. The number of fused-ring (bicyclic) bond motifs is 1. The summed E-state index contributed by atoms with van der Waals surface area (Å²) in [6.07, 6.45) is 2.49. The predicted molar refractivity (Wildman–Crippen MR) is 145 cm³/mol. The number of amides is 2. The molecule has 0 radical (unpaired) electrons. The summed E-state index contributed by atoms with van der Waals surface area (Å²) in [7, 11) is 0. The number of carbonyl (C=O) groups is 2. The zero-order valence-corrected chi connectivity index (χ0v) is 21.7. The average Bonchev–Trinajstić information content (AvgIpc) is 3.56. The number of hydrogen-bond acceptors (Lipinski definition) is 4. The van der Waals surface area contributed by atoms with Gasteiger partial charge in [0.1, 0.15) is 0 Å². The van der Waals surface area contributed by atoms with E-state index in [4.69, 9.17) is 0 Å². The number of thiophene rings is 1. The summed E-state index contributed by atoms with van der Waals surface area (Å²) in [6, 6.07) is 18.8. The Morgan fingerprint density at radius 1 is 1.09 bits per heavy atom. The molecule has 0 aliphatic carbocycles. The molecular weight excluding hydrogens is 454 g/mol. The van der Waals surface area contributed by atoms with E-state index < -0.39 is 0 Å². The third kappa shape index (κ3) is 6.00. The summed E-state index contributed by atoms with van der Waals surface area (Å²) in [6.45, 7) is 9.46. The fourth-order valence-corrected chi connectivity index (χ4v) is 5.31. The average molecular weight is 490 g/mol. The zero-order valence-electron chi connectivity index (χ0n) is 20.9. The SMILES string of the molecule is CCC(=O)N1CCc2cc(-c3ccc(C(=O)NCCN(Cc4cccs4)C(C)CC)cc3)ccc21. The largest absolute Gasteiger partial charge is 0.351 e. The molecule has 1 unspecified atom stereocenters. The first kappa shape index (κ1) is 25.1. The Kier molecular flexibility index (Phi) is 8.37. The Hall–Kier alpha value is -2.96. The van der Waals surface area contributed by atoms with Gasteiger partial charge >= 0.3 is 0 Å². The van der Waals surface area contributed by atoms with Gasteiger partial charge in [0.25, 0.3) is 5.91 Å². The van der Waals surface area contributed by atoms with E-state index in [0.717, 1.165) is 49.3 Å². The van der Waals surface area contributed by atoms with Crippen LogP contribution in [-0.4, -0.2) is 42.4 Å². The van der Waals surface area contributed by atoms with Crippen molar-refractivity contribution >= 4 is 28.8 Å². The molecular formula is C29H35N3O2S. The highest BCUT2D eigenvalue weighted by Gasteiger charge is 2.23. The molecule has 4 rings (SSSR count). The maximum atomic E-state index is 12.7. The van der Waals surface area contributed by atoms with Crippen LogP contribution in [0.2, 0.25) is 0 Å². The minimum absolute atomic E-state index is 0.0422. The molecule has 3 aromatic rings. The van der Waals surface area contributed by atoms with E-state index in [1.807, 2.05) is 42.2 Å². The van der Waals surface area contributed by atoms with Crippen molar-refractivity contribution in [3.05, 3.63) is 76.0 Å². The monoisotopic (exact) mass is 489 g/mol. The van der Waals surface area contributed by atoms with Crippen LogP contribution in [0.25, 0.3) is 11.1 Å². The van der Waals surface area contributed by atoms with Crippen molar-refractivity contribution < 1.29 is 9.59 Å². The smallest absolute Gasteiger partial charge is 0.251 e. The van der Waals surface area contributed by atoms with Gasteiger partial charge in [0.05, 0.1) is 0 Å². The Morgan fingerprint density at radius 3 is 2.54 bits per heavy atom. The van der Waals surface area contributed by atoms with Crippen LogP contribution in [0.5, 0.6) is 0 Å². The Balaban J connectivity index is 1.35. The Bertz CT molecular complexity index is 1140. The molecule has 2 aromatic carbocycles. The quantitative estimate of drug-likeness (QED) is 0.395. The first-order chi connectivity index (χ1) is 17.0. The fourth-order valence-electron chi connectivity index (χ4n) is 4.58. The number of nitrogens with zero attached hydrogens (tertiary/aromatic N) is 2. The van der Waals surface area contributed by atoms with Crippen LogP contribution in [0.15, 0.2) is 60.0 Å². The Labute approximate surface area is 212 Å². The number of hydrogen-bond donors (Lipinski definition) is 1. The second kappa shape index (κ2) is 11.6. The highest BCUT2D eigenvalue weighted by Crippen LogP contribution is 2.32. The molecule has 1 aliphatic rings. The molecule has 184 valence electrons. The highest BCUT2D eigenvalue weighted by atomic mass is 32.1. The van der Waals surface area contributed by atoms with E-state index in [-0.39, 0.29) is 11.8 Å². The predicted octanol–water partition coefficient (Wildman–Crippen LogP) is 5.74. The number of anilines is 1. The van der Waals surface area contributed by atoms with Crippen molar-refractivity contribution in [2.24, 2.45) is 0 Å². The second-order valence-electron chi connectivity index (χ2n) is 9.13. The van der Waals surface area contributed by atoms with Crippen LogP contribution in [0.3, 0.4) is 0 Å². The van der Waals surface area contributed by atoms with Crippen LogP contribution in [0, 0.1) is 0 Å². The van der Waals surface area contributed by atoms with Crippen molar-refractivity contribution in [2.75, 3.05) is 24.5 Å². The van der Waals surface area contributed by atoms with E-state index in [1.165, 1.54) is 10.4 Å². The van der Waals surface area contributed by atoms with E-state index >= 15 is 0 Å². The molecule has 1 aliphatic heterocycles. The summed E-state index contributed by atoms with van der Waals surface area (Å²) in [5, 5.41) is 5.20. The minimum Gasteiger partial charge on any atom is -0.351 e. The third-order valence-electron chi connectivity index (χ3n) is 6.90. The summed E-state index contributed by atoms with van der Waals surface area (Å²) in [4.78, 5) is 30.6. The maximum absolute atomic E-state index is 12.7. The van der Waals surface area contributed by atoms with Gasteiger partial charge in [-0.2, -0.15) is 0 Å². The normalized spacial score (nSPS) is 13.7. The highest BCUT2D eigenvalue weighted by molar-refractivity contribution is 7.09. The first-order valence-corrected chi connectivity index (χ1v) is 13.5. The van der Waals surface area contributed by atoms with Crippen LogP contribution < -0.4 is 10.2 Å².